The Morgan fingerprint density at radius 3 is 2.65 bits per heavy atom. The van der Waals surface area contributed by atoms with Crippen molar-refractivity contribution in [2.75, 3.05) is 43.1 Å². The molecular formula is C29H29ClN6O. The Hall–Kier alpha value is -3.65. The lowest BCUT2D eigenvalue weighted by Gasteiger charge is -2.28. The highest BCUT2D eigenvalue weighted by atomic mass is 35.5. The van der Waals surface area contributed by atoms with Crippen LogP contribution >= 0.6 is 11.6 Å². The van der Waals surface area contributed by atoms with Crippen molar-refractivity contribution < 1.29 is 4.74 Å². The standard InChI is InChI=1S/C29H29ClN6O/c30-20-6-8-25-23(15-20)28(33-21(17-31)14-19-4-2-1-3-5-19)24(18-32-25)29-34-26-9-7-22(16-27(26)35-29)36-10-12-37-13-11-36/h1-9,15-16,18,21H,10-14,17,31H2,(H,32,33)(H,34,35)/t21-/m0/s1. The van der Waals surface area contributed by atoms with E-state index in [1.807, 2.05) is 30.5 Å². The van der Waals surface area contributed by atoms with Gasteiger partial charge in [-0.05, 0) is 48.4 Å². The van der Waals surface area contributed by atoms with Crippen molar-refractivity contribution >= 4 is 44.9 Å². The molecule has 2 aromatic heterocycles. The Bertz CT molecular complexity index is 1530. The van der Waals surface area contributed by atoms with Crippen molar-refractivity contribution in [1.82, 2.24) is 15.0 Å². The van der Waals surface area contributed by atoms with E-state index in [-0.39, 0.29) is 6.04 Å². The average molecular weight is 513 g/mol. The maximum Gasteiger partial charge on any atom is 0.142 e. The van der Waals surface area contributed by atoms with E-state index < -0.39 is 0 Å². The van der Waals surface area contributed by atoms with Gasteiger partial charge >= 0.3 is 0 Å². The van der Waals surface area contributed by atoms with Gasteiger partial charge in [-0.15, -0.1) is 0 Å². The molecule has 1 saturated heterocycles. The van der Waals surface area contributed by atoms with Crippen molar-refractivity contribution in [3.8, 4) is 11.4 Å². The number of pyridine rings is 1. The molecule has 0 spiro atoms. The molecule has 1 fully saturated rings. The number of aromatic nitrogens is 3. The summed E-state index contributed by atoms with van der Waals surface area (Å²) in [5.41, 5.74) is 13.2. The lowest BCUT2D eigenvalue weighted by Crippen LogP contribution is -2.36. The summed E-state index contributed by atoms with van der Waals surface area (Å²) in [7, 11) is 0. The summed E-state index contributed by atoms with van der Waals surface area (Å²) >= 11 is 6.43. The van der Waals surface area contributed by atoms with Crippen molar-refractivity contribution in [2.24, 2.45) is 5.73 Å². The molecule has 0 amide bonds. The third-order valence-electron chi connectivity index (χ3n) is 6.88. The Morgan fingerprint density at radius 1 is 1.03 bits per heavy atom. The number of rotatable bonds is 7. The number of fused-ring (bicyclic) bond motifs is 2. The van der Waals surface area contributed by atoms with Crippen LogP contribution in [0.4, 0.5) is 11.4 Å². The van der Waals surface area contributed by atoms with Gasteiger partial charge in [0, 0.05) is 48.0 Å². The number of benzene rings is 3. The Kier molecular flexibility index (Phi) is 6.66. The quantitative estimate of drug-likeness (QED) is 0.276. The van der Waals surface area contributed by atoms with Gasteiger partial charge in [0.15, 0.2) is 0 Å². The van der Waals surface area contributed by atoms with Gasteiger partial charge in [-0.2, -0.15) is 0 Å². The van der Waals surface area contributed by atoms with Crippen LogP contribution in [0.15, 0.2) is 72.9 Å². The van der Waals surface area contributed by atoms with Crippen molar-refractivity contribution in [3.05, 3.63) is 83.5 Å². The number of nitrogens with two attached hydrogens (primary N) is 1. The Morgan fingerprint density at radius 2 is 1.84 bits per heavy atom. The van der Waals surface area contributed by atoms with Gasteiger partial charge in [-0.1, -0.05) is 41.9 Å². The zero-order valence-corrected chi connectivity index (χ0v) is 21.2. The topological polar surface area (TPSA) is 92.1 Å². The highest BCUT2D eigenvalue weighted by molar-refractivity contribution is 6.31. The maximum atomic E-state index is 6.43. The van der Waals surface area contributed by atoms with E-state index in [4.69, 9.17) is 32.0 Å². The monoisotopic (exact) mass is 512 g/mol. The van der Waals surface area contributed by atoms with Gasteiger partial charge in [-0.3, -0.25) is 4.98 Å². The summed E-state index contributed by atoms with van der Waals surface area (Å²) in [6.07, 6.45) is 2.67. The molecule has 0 saturated carbocycles. The van der Waals surface area contributed by atoms with Crippen LogP contribution in [-0.2, 0) is 11.2 Å². The first-order valence-corrected chi connectivity index (χ1v) is 13.0. The minimum absolute atomic E-state index is 0.0167. The van der Waals surface area contributed by atoms with Crippen LogP contribution in [-0.4, -0.2) is 53.8 Å². The van der Waals surface area contributed by atoms with Gasteiger partial charge in [-0.25, -0.2) is 4.98 Å². The lowest BCUT2D eigenvalue weighted by atomic mass is 10.0. The fraction of sp³-hybridized carbons (Fsp3) is 0.241. The van der Waals surface area contributed by atoms with E-state index in [1.165, 1.54) is 11.3 Å². The van der Waals surface area contributed by atoms with E-state index >= 15 is 0 Å². The summed E-state index contributed by atoms with van der Waals surface area (Å²) in [4.78, 5) is 15.5. The number of anilines is 2. The van der Waals surface area contributed by atoms with Gasteiger partial charge in [0.25, 0.3) is 0 Å². The lowest BCUT2D eigenvalue weighted by molar-refractivity contribution is 0.122. The third kappa shape index (κ3) is 4.98. The predicted octanol–water partition coefficient (Wildman–Crippen LogP) is 5.25. The molecule has 37 heavy (non-hydrogen) atoms. The van der Waals surface area contributed by atoms with E-state index in [0.717, 1.165) is 71.7 Å². The van der Waals surface area contributed by atoms with Gasteiger partial charge in [0.2, 0.25) is 0 Å². The zero-order chi connectivity index (χ0) is 25.2. The molecule has 5 aromatic rings. The number of halogens is 1. The molecule has 4 N–H and O–H groups in total. The van der Waals surface area contributed by atoms with Crippen LogP contribution < -0.4 is 16.0 Å². The number of morpholine rings is 1. The van der Waals surface area contributed by atoms with E-state index in [1.54, 1.807) is 0 Å². The second-order valence-corrected chi connectivity index (χ2v) is 9.80. The number of H-pyrrole nitrogens is 1. The number of hydrogen-bond donors (Lipinski definition) is 3. The molecular weight excluding hydrogens is 484 g/mol. The minimum Gasteiger partial charge on any atom is -0.380 e. The zero-order valence-electron chi connectivity index (χ0n) is 20.5. The van der Waals surface area contributed by atoms with E-state index in [2.05, 4.69) is 57.7 Å². The normalized spacial score (nSPS) is 14.8. The number of nitrogens with one attached hydrogen (secondary N) is 2. The summed E-state index contributed by atoms with van der Waals surface area (Å²) < 4.78 is 5.51. The second-order valence-electron chi connectivity index (χ2n) is 9.36. The van der Waals surface area contributed by atoms with Gasteiger partial charge < -0.3 is 25.7 Å². The number of ether oxygens (including phenoxy) is 1. The molecule has 8 heteroatoms. The highest BCUT2D eigenvalue weighted by Crippen LogP contribution is 2.35. The molecule has 1 aliphatic rings. The molecule has 7 nitrogen and oxygen atoms in total. The molecule has 0 unspecified atom stereocenters. The maximum absolute atomic E-state index is 6.43. The first-order chi connectivity index (χ1) is 18.2. The van der Waals surface area contributed by atoms with Crippen LogP contribution in [0.5, 0.6) is 0 Å². The van der Waals surface area contributed by atoms with Gasteiger partial charge in [0.1, 0.15) is 5.82 Å². The highest BCUT2D eigenvalue weighted by Gasteiger charge is 2.19. The predicted molar refractivity (Wildman–Crippen MR) is 151 cm³/mol. The van der Waals surface area contributed by atoms with E-state index in [9.17, 15) is 0 Å². The van der Waals surface area contributed by atoms with Crippen LogP contribution in [0.3, 0.4) is 0 Å². The fourth-order valence-corrected chi connectivity index (χ4v) is 5.11. The summed E-state index contributed by atoms with van der Waals surface area (Å²) in [5, 5.41) is 5.31. The number of hydrogen-bond acceptors (Lipinski definition) is 6. The Balaban J connectivity index is 1.41. The third-order valence-corrected chi connectivity index (χ3v) is 7.12. The van der Waals surface area contributed by atoms with Crippen molar-refractivity contribution in [1.29, 1.82) is 0 Å². The van der Waals surface area contributed by atoms with Crippen LogP contribution in [0.2, 0.25) is 5.02 Å². The first-order valence-electron chi connectivity index (χ1n) is 12.6. The fourth-order valence-electron chi connectivity index (χ4n) is 4.94. The summed E-state index contributed by atoms with van der Waals surface area (Å²) in [5.74, 6) is 0.751. The molecule has 6 rings (SSSR count). The summed E-state index contributed by atoms with van der Waals surface area (Å²) in [6.45, 7) is 3.74. The van der Waals surface area contributed by atoms with Crippen LogP contribution in [0.1, 0.15) is 5.56 Å². The minimum atomic E-state index is 0.0167. The average Bonchev–Trinajstić information content (AvgIpc) is 3.37. The molecule has 0 aliphatic carbocycles. The largest absolute Gasteiger partial charge is 0.380 e. The molecule has 0 radical (unpaired) electrons. The number of imidazole rings is 1. The molecule has 1 aliphatic heterocycles. The van der Waals surface area contributed by atoms with Crippen LogP contribution in [0.25, 0.3) is 33.3 Å². The number of nitrogens with zero attached hydrogens (tertiary/aromatic N) is 3. The molecule has 3 aromatic carbocycles. The molecule has 1 atom stereocenters. The second kappa shape index (κ2) is 10.4. The number of aromatic amines is 1. The summed E-state index contributed by atoms with van der Waals surface area (Å²) in [6, 6.07) is 22.5. The van der Waals surface area contributed by atoms with E-state index in [0.29, 0.717) is 11.6 Å². The van der Waals surface area contributed by atoms with Gasteiger partial charge in [0.05, 0.1) is 41.0 Å². The Labute approximate surface area is 220 Å². The van der Waals surface area contributed by atoms with Crippen LogP contribution in [0, 0.1) is 0 Å². The van der Waals surface area contributed by atoms with Crippen molar-refractivity contribution in [2.45, 2.75) is 12.5 Å². The smallest absolute Gasteiger partial charge is 0.142 e. The molecule has 3 heterocycles. The SMILES string of the molecule is NC[C@H](Cc1ccccc1)Nc1c(-c2nc3ccc(N4CCOCC4)cc3[nH]2)cnc2ccc(Cl)cc12. The molecule has 188 valence electrons. The molecule has 0 bridgehead atoms. The first kappa shape index (κ1) is 23.7. The van der Waals surface area contributed by atoms with Crippen molar-refractivity contribution in [3.63, 3.8) is 0 Å².